The topological polar surface area (TPSA) is 92.9 Å². The first-order valence-corrected chi connectivity index (χ1v) is 13.6. The zero-order valence-corrected chi connectivity index (χ0v) is 21.8. The fourth-order valence-electron chi connectivity index (χ4n) is 5.80. The highest BCUT2D eigenvalue weighted by Crippen LogP contribution is 2.33. The van der Waals surface area contributed by atoms with Gasteiger partial charge in [-0.15, -0.1) is 0 Å². The molecule has 0 saturated carbocycles. The van der Waals surface area contributed by atoms with Crippen LogP contribution < -0.4 is 4.90 Å². The van der Waals surface area contributed by atoms with E-state index in [9.17, 15) is 0 Å². The number of piperidine rings is 1. The van der Waals surface area contributed by atoms with Gasteiger partial charge in [-0.05, 0) is 62.8 Å². The molecular weight excluding hydrogens is 474 g/mol. The number of hydrogen-bond donors (Lipinski definition) is 2. The van der Waals surface area contributed by atoms with Crippen molar-refractivity contribution in [1.29, 1.82) is 0 Å². The number of likely N-dealkylation sites (N-methyl/N-ethyl adjacent to an activating group) is 1. The molecule has 0 aliphatic carbocycles. The maximum absolute atomic E-state index is 5.06. The summed E-state index contributed by atoms with van der Waals surface area (Å²) in [7, 11) is 2.18. The molecule has 7 heterocycles. The van der Waals surface area contributed by atoms with Gasteiger partial charge in [-0.3, -0.25) is 20.0 Å². The number of H-pyrrole nitrogens is 2. The highest BCUT2D eigenvalue weighted by molar-refractivity contribution is 5.98. The van der Waals surface area contributed by atoms with Gasteiger partial charge in [0.25, 0.3) is 0 Å². The molecule has 0 atom stereocenters. The molecular formula is C29H33N9. The van der Waals surface area contributed by atoms with Gasteiger partial charge in [0.05, 0.1) is 40.5 Å². The number of fused-ring (bicyclic) bond motifs is 2. The summed E-state index contributed by atoms with van der Waals surface area (Å²) in [5, 5.41) is 9.00. The summed E-state index contributed by atoms with van der Waals surface area (Å²) >= 11 is 0. The number of rotatable bonds is 5. The Kier molecular flexibility index (Phi) is 6.02. The predicted octanol–water partition coefficient (Wildman–Crippen LogP) is 4.30. The van der Waals surface area contributed by atoms with E-state index >= 15 is 0 Å². The second-order valence-electron chi connectivity index (χ2n) is 10.7. The average molecular weight is 508 g/mol. The number of aromatic amines is 2. The van der Waals surface area contributed by atoms with Gasteiger partial charge in [-0.2, -0.15) is 5.10 Å². The number of nitrogens with zero attached hydrogens (tertiary/aromatic N) is 7. The van der Waals surface area contributed by atoms with Crippen molar-refractivity contribution in [3.63, 3.8) is 0 Å². The van der Waals surface area contributed by atoms with Crippen LogP contribution in [0, 0.1) is 0 Å². The van der Waals surface area contributed by atoms with Gasteiger partial charge in [0.1, 0.15) is 11.2 Å². The molecule has 5 aromatic rings. The Morgan fingerprint density at radius 3 is 2.55 bits per heavy atom. The Balaban J connectivity index is 1.22. The van der Waals surface area contributed by atoms with Crippen LogP contribution in [-0.4, -0.2) is 86.2 Å². The van der Waals surface area contributed by atoms with Crippen LogP contribution >= 0.6 is 0 Å². The average Bonchev–Trinajstić information content (AvgIpc) is 3.58. The first kappa shape index (κ1) is 23.3. The summed E-state index contributed by atoms with van der Waals surface area (Å²) in [6.07, 6.45) is 11.7. The molecule has 0 radical (unpaired) electrons. The molecule has 9 heteroatoms. The van der Waals surface area contributed by atoms with Gasteiger partial charge in [0.2, 0.25) is 0 Å². The Bertz CT molecular complexity index is 1570. The minimum absolute atomic E-state index is 0.819. The lowest BCUT2D eigenvalue weighted by molar-refractivity contribution is 0.220. The largest absolute Gasteiger partial charge is 0.367 e. The van der Waals surface area contributed by atoms with E-state index in [-0.39, 0.29) is 0 Å². The zero-order chi connectivity index (χ0) is 25.5. The molecule has 5 aromatic heterocycles. The lowest BCUT2D eigenvalue weighted by Gasteiger charge is -2.34. The van der Waals surface area contributed by atoms with Crippen molar-refractivity contribution in [3.05, 3.63) is 54.6 Å². The lowest BCUT2D eigenvalue weighted by atomic mass is 10.1. The molecule has 2 fully saturated rings. The van der Waals surface area contributed by atoms with Crippen LogP contribution in [-0.2, 0) is 6.54 Å². The Morgan fingerprint density at radius 1 is 0.842 bits per heavy atom. The highest BCUT2D eigenvalue weighted by atomic mass is 15.3. The minimum atomic E-state index is 0.819. The van der Waals surface area contributed by atoms with E-state index in [1.54, 1.807) is 0 Å². The predicted molar refractivity (Wildman–Crippen MR) is 151 cm³/mol. The van der Waals surface area contributed by atoms with E-state index in [1.165, 1.54) is 49.0 Å². The Hall–Kier alpha value is -3.82. The third-order valence-corrected chi connectivity index (χ3v) is 7.98. The first-order valence-electron chi connectivity index (χ1n) is 13.6. The van der Waals surface area contributed by atoms with Crippen molar-refractivity contribution in [2.45, 2.75) is 25.8 Å². The molecule has 2 saturated heterocycles. The van der Waals surface area contributed by atoms with E-state index in [4.69, 9.17) is 4.98 Å². The van der Waals surface area contributed by atoms with Gasteiger partial charge < -0.3 is 14.8 Å². The zero-order valence-electron chi connectivity index (χ0n) is 21.8. The molecule has 0 bridgehead atoms. The molecule has 7 rings (SSSR count). The van der Waals surface area contributed by atoms with E-state index in [2.05, 4.69) is 65.1 Å². The third-order valence-electron chi connectivity index (χ3n) is 7.98. The number of pyridine rings is 3. The molecule has 2 aliphatic rings. The van der Waals surface area contributed by atoms with Crippen LogP contribution in [0.2, 0.25) is 0 Å². The molecule has 0 aromatic carbocycles. The third kappa shape index (κ3) is 4.41. The first-order chi connectivity index (χ1) is 18.7. The lowest BCUT2D eigenvalue weighted by Crippen LogP contribution is -2.44. The number of anilines is 1. The summed E-state index contributed by atoms with van der Waals surface area (Å²) in [4.78, 5) is 25.0. The fraction of sp³-hybridized carbons (Fsp3) is 0.379. The molecule has 0 spiro atoms. The molecule has 0 amide bonds. The maximum atomic E-state index is 5.06. The van der Waals surface area contributed by atoms with Gasteiger partial charge in [-0.25, -0.2) is 4.98 Å². The molecule has 9 nitrogen and oxygen atoms in total. The van der Waals surface area contributed by atoms with Crippen molar-refractivity contribution in [2.75, 3.05) is 51.2 Å². The van der Waals surface area contributed by atoms with Gasteiger partial charge in [0, 0.05) is 56.1 Å². The normalized spacial score (nSPS) is 17.6. The van der Waals surface area contributed by atoms with Gasteiger partial charge in [0.15, 0.2) is 0 Å². The summed E-state index contributed by atoms with van der Waals surface area (Å²) < 4.78 is 0. The van der Waals surface area contributed by atoms with Crippen molar-refractivity contribution in [3.8, 4) is 22.6 Å². The van der Waals surface area contributed by atoms with Crippen molar-refractivity contribution >= 4 is 27.6 Å². The second-order valence-corrected chi connectivity index (χ2v) is 10.7. The number of aromatic nitrogens is 6. The number of likely N-dealkylation sites (tertiary alicyclic amines) is 1. The maximum Gasteiger partial charge on any atom is 0.135 e. The van der Waals surface area contributed by atoms with Crippen molar-refractivity contribution in [1.82, 2.24) is 39.9 Å². The number of piperazine rings is 1. The summed E-state index contributed by atoms with van der Waals surface area (Å²) in [5.41, 5.74) is 8.88. The molecule has 38 heavy (non-hydrogen) atoms. The smallest absolute Gasteiger partial charge is 0.135 e. The number of hydrogen-bond acceptors (Lipinski definition) is 7. The quantitative estimate of drug-likeness (QED) is 0.366. The Morgan fingerprint density at radius 2 is 1.68 bits per heavy atom. The summed E-state index contributed by atoms with van der Waals surface area (Å²) in [6, 6.07) is 8.53. The second kappa shape index (κ2) is 9.81. The van der Waals surface area contributed by atoms with E-state index in [0.29, 0.717) is 0 Å². The molecule has 2 aliphatic heterocycles. The van der Waals surface area contributed by atoms with Gasteiger partial charge in [-0.1, -0.05) is 6.42 Å². The minimum Gasteiger partial charge on any atom is -0.367 e. The Labute approximate surface area is 221 Å². The van der Waals surface area contributed by atoms with Crippen LogP contribution in [0.25, 0.3) is 44.6 Å². The SMILES string of the molecule is CN1CCN(c2cncc3[nH]c(-c4n[nH]c5ccc(-c6cncc(CN7CCCCC7)c6)nc45)cc23)CC1. The van der Waals surface area contributed by atoms with Crippen molar-refractivity contribution in [2.24, 2.45) is 0 Å². The molecule has 0 unspecified atom stereocenters. The molecule has 2 N–H and O–H groups in total. The van der Waals surface area contributed by atoms with Crippen LogP contribution in [0.5, 0.6) is 0 Å². The van der Waals surface area contributed by atoms with Crippen LogP contribution in [0.4, 0.5) is 5.69 Å². The summed E-state index contributed by atoms with van der Waals surface area (Å²) in [5.74, 6) is 0. The monoisotopic (exact) mass is 507 g/mol. The number of nitrogens with one attached hydrogen (secondary N) is 2. The van der Waals surface area contributed by atoms with E-state index in [1.807, 2.05) is 30.9 Å². The van der Waals surface area contributed by atoms with E-state index in [0.717, 1.165) is 71.9 Å². The van der Waals surface area contributed by atoms with Crippen molar-refractivity contribution < 1.29 is 0 Å². The van der Waals surface area contributed by atoms with Crippen LogP contribution in [0.3, 0.4) is 0 Å². The van der Waals surface area contributed by atoms with Crippen LogP contribution in [0.15, 0.2) is 49.1 Å². The molecule has 194 valence electrons. The summed E-state index contributed by atoms with van der Waals surface area (Å²) in [6.45, 7) is 7.39. The highest BCUT2D eigenvalue weighted by Gasteiger charge is 2.20. The fourth-order valence-corrected chi connectivity index (χ4v) is 5.80. The standard InChI is InChI=1S/C29H33N9/c1-36-9-11-38(12-10-36)27-18-31-17-26-22(27)14-25(32-26)29-28-24(34-35-29)6-5-23(33-28)21-13-20(15-30-16-21)19-37-7-3-2-4-8-37/h5-6,13-18,32H,2-4,7-12,19H2,1H3,(H,34,35). The van der Waals surface area contributed by atoms with Crippen LogP contribution in [0.1, 0.15) is 24.8 Å². The van der Waals surface area contributed by atoms with E-state index < -0.39 is 0 Å². The van der Waals surface area contributed by atoms with Gasteiger partial charge >= 0.3 is 0 Å².